The van der Waals surface area contributed by atoms with Crippen molar-refractivity contribution in [3.8, 4) is 0 Å². The number of nitrogens with one attached hydrogen (secondary N) is 2. The fraction of sp³-hybridized carbons (Fsp3) is 0.182. The van der Waals surface area contributed by atoms with Crippen LogP contribution in [0, 0.1) is 0 Å². The Balaban J connectivity index is 2.28. The average molecular weight is 254 g/mol. The van der Waals surface area contributed by atoms with E-state index in [4.69, 9.17) is 22.4 Å². The van der Waals surface area contributed by atoms with Crippen molar-refractivity contribution in [3.05, 3.63) is 35.0 Å². The van der Waals surface area contributed by atoms with Crippen LogP contribution in [0.15, 0.2) is 24.4 Å². The molecule has 0 fully saturated rings. The van der Waals surface area contributed by atoms with Crippen LogP contribution in [0.2, 0.25) is 5.02 Å². The van der Waals surface area contributed by atoms with Crippen molar-refractivity contribution in [1.82, 2.24) is 10.3 Å². The number of amides is 1. The van der Waals surface area contributed by atoms with E-state index in [1.165, 1.54) is 0 Å². The van der Waals surface area contributed by atoms with Crippen LogP contribution >= 0.6 is 11.6 Å². The molecule has 0 saturated carbocycles. The Morgan fingerprint density at radius 1 is 1.59 bits per heavy atom. The third-order valence-electron chi connectivity index (χ3n) is 2.55. The van der Waals surface area contributed by atoms with Crippen LogP contribution in [0.25, 0.3) is 10.9 Å². The molecule has 0 aliphatic heterocycles. The molecule has 1 amide bonds. The number of fused-ring (bicyclic) bond motifs is 1. The summed E-state index contributed by atoms with van der Waals surface area (Å²) in [4.78, 5) is 13.5. The molecule has 0 saturated heterocycles. The van der Waals surface area contributed by atoms with Gasteiger partial charge in [-0.15, -0.1) is 0 Å². The van der Waals surface area contributed by atoms with E-state index in [1.54, 1.807) is 12.3 Å². The van der Waals surface area contributed by atoms with Crippen LogP contribution in [0.1, 0.15) is 11.6 Å². The van der Waals surface area contributed by atoms with Crippen molar-refractivity contribution in [2.75, 3.05) is 6.54 Å². The number of aromatic amines is 1. The zero-order valence-corrected chi connectivity index (χ0v) is 9.66. The van der Waals surface area contributed by atoms with Gasteiger partial charge in [0.1, 0.15) is 0 Å². The van der Waals surface area contributed by atoms with Crippen molar-refractivity contribution in [3.63, 3.8) is 0 Å². The Kier molecular flexibility index (Phi) is 3.21. The second-order valence-electron chi connectivity index (χ2n) is 3.73. The Labute approximate surface area is 103 Å². The zero-order valence-electron chi connectivity index (χ0n) is 8.90. The van der Waals surface area contributed by atoms with Crippen LogP contribution in [0.3, 0.4) is 0 Å². The first-order valence-corrected chi connectivity index (χ1v) is 5.44. The lowest BCUT2D eigenvalue weighted by Gasteiger charge is -2.10. The lowest BCUT2D eigenvalue weighted by atomic mass is 10.1. The molecule has 0 spiro atoms. The standard InChI is InChI=1S/C11H12ClN3O2/c12-6-1-2-10-7(3-6)8(4-14-10)9(13)5-15-11(16)17/h1-4,9,14-15H,5,13H2,(H,16,17). The molecule has 17 heavy (non-hydrogen) atoms. The summed E-state index contributed by atoms with van der Waals surface area (Å²) in [6.45, 7) is 0.162. The number of hydrogen-bond donors (Lipinski definition) is 4. The molecule has 0 radical (unpaired) electrons. The highest BCUT2D eigenvalue weighted by molar-refractivity contribution is 6.31. The van der Waals surface area contributed by atoms with Gasteiger partial charge in [-0.05, 0) is 23.8 Å². The number of rotatable bonds is 3. The largest absolute Gasteiger partial charge is 0.465 e. The molecule has 1 aromatic carbocycles. The minimum atomic E-state index is -1.08. The molecular weight excluding hydrogens is 242 g/mol. The summed E-state index contributed by atoms with van der Waals surface area (Å²) in [6.07, 6.45) is 0.688. The second kappa shape index (κ2) is 4.65. The number of aromatic nitrogens is 1. The number of hydrogen-bond acceptors (Lipinski definition) is 2. The molecule has 0 aliphatic rings. The third kappa shape index (κ3) is 2.51. The van der Waals surface area contributed by atoms with E-state index in [9.17, 15) is 4.79 Å². The first-order valence-electron chi connectivity index (χ1n) is 5.07. The predicted molar refractivity (Wildman–Crippen MR) is 66.3 cm³/mol. The van der Waals surface area contributed by atoms with E-state index >= 15 is 0 Å². The molecule has 90 valence electrons. The lowest BCUT2D eigenvalue weighted by Crippen LogP contribution is -2.30. The number of benzene rings is 1. The first-order chi connectivity index (χ1) is 8.08. The highest BCUT2D eigenvalue weighted by Crippen LogP contribution is 2.25. The van der Waals surface area contributed by atoms with Gasteiger partial charge >= 0.3 is 6.09 Å². The number of carbonyl (C=O) groups is 1. The van der Waals surface area contributed by atoms with Gasteiger partial charge in [-0.1, -0.05) is 11.6 Å². The summed E-state index contributed by atoms with van der Waals surface area (Å²) in [7, 11) is 0. The van der Waals surface area contributed by atoms with Crippen molar-refractivity contribution < 1.29 is 9.90 Å². The summed E-state index contributed by atoms with van der Waals surface area (Å²) < 4.78 is 0. The maximum Gasteiger partial charge on any atom is 0.404 e. The van der Waals surface area contributed by atoms with E-state index in [2.05, 4.69) is 10.3 Å². The van der Waals surface area contributed by atoms with E-state index in [-0.39, 0.29) is 6.54 Å². The SMILES string of the molecule is NC(CNC(=O)O)c1c[nH]c2ccc(Cl)cc12. The molecule has 5 nitrogen and oxygen atoms in total. The van der Waals surface area contributed by atoms with Gasteiger partial charge in [0.05, 0.1) is 0 Å². The number of carboxylic acid groups (broad SMARTS) is 1. The Hall–Kier alpha value is -1.72. The fourth-order valence-electron chi connectivity index (χ4n) is 1.73. The molecular formula is C11H12ClN3O2. The van der Waals surface area contributed by atoms with E-state index in [1.807, 2.05) is 12.1 Å². The topological polar surface area (TPSA) is 91.1 Å². The average Bonchev–Trinajstić information content (AvgIpc) is 2.68. The summed E-state index contributed by atoms with van der Waals surface area (Å²) >= 11 is 5.92. The molecule has 0 bridgehead atoms. The van der Waals surface area contributed by atoms with Gasteiger partial charge in [0.15, 0.2) is 0 Å². The van der Waals surface area contributed by atoms with Gasteiger partial charge in [0.25, 0.3) is 0 Å². The first kappa shape index (κ1) is 11.8. The highest BCUT2D eigenvalue weighted by atomic mass is 35.5. The van der Waals surface area contributed by atoms with Crippen molar-refractivity contribution >= 4 is 28.6 Å². The molecule has 1 atom stereocenters. The minimum Gasteiger partial charge on any atom is -0.465 e. The van der Waals surface area contributed by atoms with Gasteiger partial charge in [-0.2, -0.15) is 0 Å². The molecule has 1 aromatic heterocycles. The number of nitrogens with two attached hydrogens (primary N) is 1. The molecule has 1 heterocycles. The molecule has 2 aromatic rings. The van der Waals surface area contributed by atoms with Crippen LogP contribution < -0.4 is 11.1 Å². The summed E-state index contributed by atoms with van der Waals surface area (Å²) in [5, 5.41) is 12.3. The lowest BCUT2D eigenvalue weighted by molar-refractivity contribution is 0.193. The third-order valence-corrected chi connectivity index (χ3v) is 2.78. The normalized spacial score (nSPS) is 12.6. The summed E-state index contributed by atoms with van der Waals surface area (Å²) in [5.74, 6) is 0. The van der Waals surface area contributed by atoms with Crippen molar-refractivity contribution in [2.45, 2.75) is 6.04 Å². The molecule has 5 N–H and O–H groups in total. The van der Waals surface area contributed by atoms with Crippen LogP contribution in [0.5, 0.6) is 0 Å². The molecule has 6 heteroatoms. The van der Waals surface area contributed by atoms with E-state index in [0.29, 0.717) is 5.02 Å². The highest BCUT2D eigenvalue weighted by Gasteiger charge is 2.12. The predicted octanol–water partition coefficient (Wildman–Crippen LogP) is 2.09. The van der Waals surface area contributed by atoms with E-state index in [0.717, 1.165) is 16.5 Å². The van der Waals surface area contributed by atoms with Gasteiger partial charge in [-0.25, -0.2) is 4.79 Å². The van der Waals surface area contributed by atoms with Gasteiger partial charge < -0.3 is 21.1 Å². The smallest absolute Gasteiger partial charge is 0.404 e. The minimum absolute atomic E-state index is 0.162. The van der Waals surface area contributed by atoms with Crippen LogP contribution in [0.4, 0.5) is 4.79 Å². The summed E-state index contributed by atoms with van der Waals surface area (Å²) in [5.41, 5.74) is 7.68. The zero-order chi connectivity index (χ0) is 12.4. The monoisotopic (exact) mass is 253 g/mol. The van der Waals surface area contributed by atoms with Crippen LogP contribution in [-0.2, 0) is 0 Å². The van der Waals surface area contributed by atoms with Gasteiger partial charge in [0, 0.05) is 34.7 Å². The van der Waals surface area contributed by atoms with Gasteiger partial charge in [0.2, 0.25) is 0 Å². The van der Waals surface area contributed by atoms with E-state index < -0.39 is 12.1 Å². The van der Waals surface area contributed by atoms with Gasteiger partial charge in [-0.3, -0.25) is 0 Å². The fourth-order valence-corrected chi connectivity index (χ4v) is 1.90. The molecule has 0 aliphatic carbocycles. The number of H-pyrrole nitrogens is 1. The maximum absolute atomic E-state index is 10.4. The maximum atomic E-state index is 10.4. The molecule has 1 unspecified atom stereocenters. The van der Waals surface area contributed by atoms with Crippen LogP contribution in [-0.4, -0.2) is 22.7 Å². The Morgan fingerprint density at radius 3 is 3.06 bits per heavy atom. The van der Waals surface area contributed by atoms with Crippen molar-refractivity contribution in [2.24, 2.45) is 5.73 Å². The Morgan fingerprint density at radius 2 is 2.35 bits per heavy atom. The second-order valence-corrected chi connectivity index (χ2v) is 4.16. The Bertz CT molecular complexity index is 553. The summed E-state index contributed by atoms with van der Waals surface area (Å²) in [6, 6.07) is 5.05. The van der Waals surface area contributed by atoms with Crippen molar-refractivity contribution in [1.29, 1.82) is 0 Å². The number of halogens is 1. The quantitative estimate of drug-likeness (QED) is 0.675. The molecule has 2 rings (SSSR count).